The van der Waals surface area contributed by atoms with Gasteiger partial charge in [0.1, 0.15) is 11.5 Å². The van der Waals surface area contributed by atoms with E-state index in [1.807, 2.05) is 0 Å². The van der Waals surface area contributed by atoms with Gasteiger partial charge in [0, 0.05) is 17.8 Å². The van der Waals surface area contributed by atoms with E-state index in [1.165, 1.54) is 12.3 Å². The lowest BCUT2D eigenvalue weighted by molar-refractivity contribution is 0.142. The summed E-state index contributed by atoms with van der Waals surface area (Å²) >= 11 is 0. The van der Waals surface area contributed by atoms with Gasteiger partial charge in [-0.2, -0.15) is 0 Å². The number of rotatable bonds is 3. The average Bonchev–Trinajstić information content (AvgIpc) is 2.31. The van der Waals surface area contributed by atoms with Crippen LogP contribution in [0.4, 0.5) is 10.5 Å². The fourth-order valence-corrected chi connectivity index (χ4v) is 1.29. The minimum absolute atomic E-state index is 0.0116. The van der Waals surface area contributed by atoms with E-state index in [0.717, 1.165) is 0 Å². The predicted octanol–water partition coefficient (Wildman–Crippen LogP) is 2.51. The van der Waals surface area contributed by atoms with Crippen molar-refractivity contribution in [3.8, 4) is 17.4 Å². The Morgan fingerprint density at radius 3 is 2.67 bits per heavy atom. The van der Waals surface area contributed by atoms with Crippen LogP contribution in [0.5, 0.6) is 17.4 Å². The minimum Gasteiger partial charge on any atom is -0.456 e. The molecule has 0 aliphatic heterocycles. The molecule has 0 fully saturated rings. The van der Waals surface area contributed by atoms with Crippen LogP contribution in [-0.4, -0.2) is 16.2 Å². The van der Waals surface area contributed by atoms with E-state index in [2.05, 4.69) is 9.72 Å². The number of nitrogens with two attached hydrogens (primary N) is 1. The van der Waals surface area contributed by atoms with E-state index in [-0.39, 0.29) is 5.88 Å². The highest BCUT2D eigenvalue weighted by Crippen LogP contribution is 2.23. The number of aromatic nitrogens is 1. The molecule has 0 radical (unpaired) electrons. The van der Waals surface area contributed by atoms with Gasteiger partial charge in [-0.05, 0) is 18.2 Å². The quantitative estimate of drug-likeness (QED) is 0.638. The molecule has 2 aromatic rings. The van der Waals surface area contributed by atoms with Gasteiger partial charge in [-0.3, -0.25) is 0 Å². The van der Waals surface area contributed by atoms with Crippen LogP contribution in [0.25, 0.3) is 0 Å². The molecule has 0 spiro atoms. The van der Waals surface area contributed by atoms with Crippen LogP contribution in [-0.2, 0) is 0 Å². The maximum absolute atomic E-state index is 10.3. The van der Waals surface area contributed by atoms with E-state index in [9.17, 15) is 4.79 Å². The summed E-state index contributed by atoms with van der Waals surface area (Å²) in [5.74, 6) is 1.02. The van der Waals surface area contributed by atoms with Gasteiger partial charge in [0.25, 0.3) is 0 Å². The second-order valence-corrected chi connectivity index (χ2v) is 3.37. The molecule has 0 unspecified atom stereocenters. The first-order chi connectivity index (χ1) is 8.63. The third kappa shape index (κ3) is 3.11. The molecule has 2 rings (SSSR count). The Morgan fingerprint density at radius 2 is 2.06 bits per heavy atom. The molecular weight excluding hydrogens is 236 g/mol. The van der Waals surface area contributed by atoms with Crippen molar-refractivity contribution in [2.45, 2.75) is 0 Å². The lowest BCUT2D eigenvalue weighted by atomic mass is 10.3. The largest absolute Gasteiger partial charge is 0.512 e. The van der Waals surface area contributed by atoms with Gasteiger partial charge in [0.05, 0.1) is 6.20 Å². The van der Waals surface area contributed by atoms with Gasteiger partial charge >= 0.3 is 6.16 Å². The molecule has 3 N–H and O–H groups in total. The van der Waals surface area contributed by atoms with Crippen LogP contribution in [0.1, 0.15) is 0 Å². The lowest BCUT2D eigenvalue weighted by Gasteiger charge is -2.06. The van der Waals surface area contributed by atoms with Gasteiger partial charge in [0.15, 0.2) is 0 Å². The zero-order chi connectivity index (χ0) is 13.0. The van der Waals surface area contributed by atoms with Crippen molar-refractivity contribution in [1.29, 1.82) is 0 Å². The SMILES string of the molecule is Nc1cccc(Oc2ccc(OC(=O)O)nc2)c1. The highest BCUT2D eigenvalue weighted by atomic mass is 16.7. The molecule has 0 aliphatic carbocycles. The first kappa shape index (κ1) is 11.7. The minimum atomic E-state index is -1.41. The number of nitrogens with zero attached hydrogens (tertiary/aromatic N) is 1. The summed E-state index contributed by atoms with van der Waals surface area (Å²) in [7, 11) is 0. The van der Waals surface area contributed by atoms with Crippen LogP contribution >= 0.6 is 0 Å². The number of benzene rings is 1. The van der Waals surface area contributed by atoms with Crippen LogP contribution in [0.2, 0.25) is 0 Å². The summed E-state index contributed by atoms with van der Waals surface area (Å²) in [6.45, 7) is 0. The fraction of sp³-hybridized carbons (Fsp3) is 0. The highest BCUT2D eigenvalue weighted by Gasteiger charge is 2.03. The van der Waals surface area contributed by atoms with Crippen molar-refractivity contribution in [3.63, 3.8) is 0 Å². The van der Waals surface area contributed by atoms with Gasteiger partial charge in [0.2, 0.25) is 5.88 Å². The molecule has 0 saturated carbocycles. The molecule has 0 aliphatic rings. The first-order valence-electron chi connectivity index (χ1n) is 5.04. The number of carboxylic acid groups (broad SMARTS) is 1. The normalized spacial score (nSPS) is 9.78. The zero-order valence-electron chi connectivity index (χ0n) is 9.24. The molecule has 0 bridgehead atoms. The Kier molecular flexibility index (Phi) is 3.29. The van der Waals surface area contributed by atoms with E-state index >= 15 is 0 Å². The number of pyridine rings is 1. The molecule has 92 valence electrons. The number of hydrogen-bond acceptors (Lipinski definition) is 5. The summed E-state index contributed by atoms with van der Waals surface area (Å²) in [4.78, 5) is 14.1. The Labute approximate surface area is 103 Å². The maximum Gasteiger partial charge on any atom is 0.512 e. The Hall–Kier alpha value is -2.76. The lowest BCUT2D eigenvalue weighted by Crippen LogP contribution is -2.04. The zero-order valence-corrected chi connectivity index (χ0v) is 9.24. The molecule has 1 heterocycles. The summed E-state index contributed by atoms with van der Waals surface area (Å²) in [6, 6.07) is 9.87. The van der Waals surface area contributed by atoms with Crippen LogP contribution in [0.3, 0.4) is 0 Å². The highest BCUT2D eigenvalue weighted by molar-refractivity contribution is 5.60. The molecule has 0 saturated heterocycles. The second-order valence-electron chi connectivity index (χ2n) is 3.37. The van der Waals surface area contributed by atoms with Gasteiger partial charge in [-0.1, -0.05) is 6.07 Å². The third-order valence-electron chi connectivity index (χ3n) is 1.99. The number of ether oxygens (including phenoxy) is 2. The van der Waals surface area contributed by atoms with Crippen molar-refractivity contribution in [3.05, 3.63) is 42.6 Å². The van der Waals surface area contributed by atoms with E-state index in [0.29, 0.717) is 17.2 Å². The number of anilines is 1. The fourth-order valence-electron chi connectivity index (χ4n) is 1.29. The van der Waals surface area contributed by atoms with E-state index < -0.39 is 6.16 Å². The Balaban J connectivity index is 2.08. The molecular formula is C12H10N2O4. The molecule has 1 aromatic heterocycles. The Bertz CT molecular complexity index is 554. The van der Waals surface area contributed by atoms with Crippen molar-refractivity contribution >= 4 is 11.8 Å². The van der Waals surface area contributed by atoms with Crippen LogP contribution in [0.15, 0.2) is 42.6 Å². The van der Waals surface area contributed by atoms with Gasteiger partial charge in [-0.25, -0.2) is 9.78 Å². The summed E-state index contributed by atoms with van der Waals surface area (Å²) < 4.78 is 9.84. The first-order valence-corrected chi connectivity index (χ1v) is 5.04. The summed E-state index contributed by atoms with van der Waals surface area (Å²) in [5.41, 5.74) is 6.20. The van der Waals surface area contributed by atoms with Crippen molar-refractivity contribution in [2.75, 3.05) is 5.73 Å². The average molecular weight is 246 g/mol. The van der Waals surface area contributed by atoms with Gasteiger partial charge in [-0.15, -0.1) is 0 Å². The van der Waals surface area contributed by atoms with Crippen LogP contribution in [0, 0.1) is 0 Å². The Morgan fingerprint density at radius 1 is 1.22 bits per heavy atom. The monoisotopic (exact) mass is 246 g/mol. The molecule has 6 heteroatoms. The predicted molar refractivity (Wildman–Crippen MR) is 63.8 cm³/mol. The topological polar surface area (TPSA) is 94.7 Å². The summed E-state index contributed by atoms with van der Waals surface area (Å²) in [6.07, 6.45) is -0.0476. The number of carbonyl (C=O) groups is 1. The smallest absolute Gasteiger partial charge is 0.456 e. The van der Waals surface area contributed by atoms with Crippen molar-refractivity contribution in [2.24, 2.45) is 0 Å². The number of nitrogen functional groups attached to an aromatic ring is 1. The van der Waals surface area contributed by atoms with Crippen molar-refractivity contribution < 1.29 is 19.4 Å². The van der Waals surface area contributed by atoms with E-state index in [4.69, 9.17) is 15.6 Å². The van der Waals surface area contributed by atoms with Crippen LogP contribution < -0.4 is 15.2 Å². The molecule has 0 amide bonds. The molecule has 0 atom stereocenters. The number of hydrogen-bond donors (Lipinski definition) is 2. The van der Waals surface area contributed by atoms with Gasteiger partial charge < -0.3 is 20.3 Å². The molecule has 1 aromatic carbocycles. The molecule has 18 heavy (non-hydrogen) atoms. The maximum atomic E-state index is 10.3. The summed E-state index contributed by atoms with van der Waals surface area (Å²) in [5, 5.41) is 8.39. The molecule has 6 nitrogen and oxygen atoms in total. The second kappa shape index (κ2) is 5.05. The van der Waals surface area contributed by atoms with E-state index in [1.54, 1.807) is 30.3 Å². The third-order valence-corrected chi connectivity index (χ3v) is 1.99. The standard InChI is InChI=1S/C12H10N2O4/c13-8-2-1-3-9(6-8)17-10-4-5-11(14-7-10)18-12(15)16/h1-7H,13H2,(H,15,16). The van der Waals surface area contributed by atoms with Crippen molar-refractivity contribution in [1.82, 2.24) is 4.98 Å².